The second-order valence-corrected chi connectivity index (χ2v) is 7.53. The Bertz CT molecular complexity index is 1140. The Morgan fingerprint density at radius 1 is 1.17 bits per heavy atom. The lowest BCUT2D eigenvalue weighted by Gasteiger charge is -2.20. The van der Waals surface area contributed by atoms with Crippen LogP contribution in [-0.2, 0) is 4.79 Å². The van der Waals surface area contributed by atoms with Crippen molar-refractivity contribution in [2.45, 2.75) is 12.5 Å². The van der Waals surface area contributed by atoms with Crippen LogP contribution in [-0.4, -0.2) is 33.4 Å². The Morgan fingerprint density at radius 2 is 2.07 bits per heavy atom. The highest BCUT2D eigenvalue weighted by Crippen LogP contribution is 2.35. The molecule has 0 radical (unpaired) electrons. The second-order valence-electron chi connectivity index (χ2n) is 6.55. The van der Waals surface area contributed by atoms with Gasteiger partial charge in [0.2, 0.25) is 12.3 Å². The van der Waals surface area contributed by atoms with Crippen molar-refractivity contribution in [3.8, 4) is 17.2 Å². The minimum Gasteiger partial charge on any atom is -0.484 e. The van der Waals surface area contributed by atoms with Crippen LogP contribution in [0.4, 0.5) is 0 Å². The SMILES string of the molecule is O=C(COc1ccc(-c2nnco2)cc1)N1N=C(c2ccco2)C[C@H]1c1cccs1. The first kappa shape index (κ1) is 18.3. The van der Waals surface area contributed by atoms with Crippen molar-refractivity contribution < 1.29 is 18.4 Å². The summed E-state index contributed by atoms with van der Waals surface area (Å²) < 4.78 is 16.3. The summed E-state index contributed by atoms with van der Waals surface area (Å²) >= 11 is 1.60. The van der Waals surface area contributed by atoms with Crippen LogP contribution in [0, 0.1) is 0 Å². The molecule has 1 amide bonds. The number of furan rings is 1. The Balaban J connectivity index is 1.30. The quantitative estimate of drug-likeness (QED) is 0.465. The fourth-order valence-corrected chi connectivity index (χ4v) is 4.05. The molecule has 0 spiro atoms. The van der Waals surface area contributed by atoms with Crippen LogP contribution in [0.5, 0.6) is 5.75 Å². The van der Waals surface area contributed by atoms with E-state index in [1.54, 1.807) is 41.9 Å². The van der Waals surface area contributed by atoms with E-state index in [2.05, 4.69) is 15.3 Å². The zero-order valence-electron chi connectivity index (χ0n) is 15.7. The van der Waals surface area contributed by atoms with Crippen LogP contribution in [0.25, 0.3) is 11.5 Å². The smallest absolute Gasteiger partial charge is 0.281 e. The monoisotopic (exact) mass is 420 g/mol. The zero-order valence-corrected chi connectivity index (χ0v) is 16.5. The summed E-state index contributed by atoms with van der Waals surface area (Å²) in [7, 11) is 0. The van der Waals surface area contributed by atoms with E-state index < -0.39 is 0 Å². The summed E-state index contributed by atoms with van der Waals surface area (Å²) in [6, 6.07) is 14.6. The summed E-state index contributed by atoms with van der Waals surface area (Å²) in [4.78, 5) is 14.0. The van der Waals surface area contributed by atoms with Crippen LogP contribution in [0.1, 0.15) is 23.1 Å². The van der Waals surface area contributed by atoms with Gasteiger partial charge in [0.15, 0.2) is 6.61 Å². The van der Waals surface area contributed by atoms with Gasteiger partial charge in [-0.25, -0.2) is 5.01 Å². The van der Waals surface area contributed by atoms with E-state index in [1.165, 1.54) is 11.4 Å². The second kappa shape index (κ2) is 7.96. The lowest BCUT2D eigenvalue weighted by Crippen LogP contribution is -2.31. The van der Waals surface area contributed by atoms with Crippen molar-refractivity contribution in [3.63, 3.8) is 0 Å². The number of ether oxygens (including phenoxy) is 1. The number of hydrogen-bond donors (Lipinski definition) is 0. The number of amides is 1. The molecule has 3 aromatic heterocycles. The maximum Gasteiger partial charge on any atom is 0.281 e. The predicted octanol–water partition coefficient (Wildman–Crippen LogP) is 4.15. The molecule has 1 atom stereocenters. The lowest BCUT2D eigenvalue weighted by molar-refractivity contribution is -0.135. The van der Waals surface area contributed by atoms with Gasteiger partial charge in [-0.2, -0.15) is 5.10 Å². The highest BCUT2D eigenvalue weighted by atomic mass is 32.1. The van der Waals surface area contributed by atoms with Gasteiger partial charge in [-0.3, -0.25) is 4.79 Å². The number of benzene rings is 1. The first-order valence-corrected chi connectivity index (χ1v) is 10.1. The summed E-state index contributed by atoms with van der Waals surface area (Å²) in [6.07, 6.45) is 3.47. The molecule has 0 unspecified atom stereocenters. The summed E-state index contributed by atoms with van der Waals surface area (Å²) in [5.74, 6) is 1.43. The van der Waals surface area contributed by atoms with E-state index in [9.17, 15) is 4.79 Å². The molecule has 0 saturated heterocycles. The molecule has 1 aromatic carbocycles. The molecule has 150 valence electrons. The number of hydrazone groups is 1. The number of thiophene rings is 1. The third-order valence-corrected chi connectivity index (χ3v) is 5.64. The number of carbonyl (C=O) groups is 1. The van der Waals surface area contributed by atoms with E-state index >= 15 is 0 Å². The van der Waals surface area contributed by atoms with Gasteiger partial charge in [-0.05, 0) is 47.8 Å². The molecule has 0 saturated carbocycles. The van der Waals surface area contributed by atoms with Gasteiger partial charge in [0.25, 0.3) is 5.91 Å². The third-order valence-electron chi connectivity index (χ3n) is 4.67. The van der Waals surface area contributed by atoms with Crippen LogP contribution >= 0.6 is 11.3 Å². The standard InChI is InChI=1S/C21H16N4O4S/c26-20(12-28-15-7-5-14(6-8-15)21-23-22-13-29-21)25-17(19-4-2-10-30-19)11-16(24-25)18-3-1-9-27-18/h1-10,13,17H,11-12H2/t17-/m0/s1. The van der Waals surface area contributed by atoms with E-state index in [0.29, 0.717) is 23.8 Å². The minimum absolute atomic E-state index is 0.128. The van der Waals surface area contributed by atoms with Crippen LogP contribution in [0.15, 0.2) is 80.5 Å². The van der Waals surface area contributed by atoms with E-state index in [1.807, 2.05) is 29.6 Å². The van der Waals surface area contributed by atoms with Gasteiger partial charge < -0.3 is 13.6 Å². The molecule has 0 N–H and O–H groups in total. The molecular weight excluding hydrogens is 404 g/mol. The molecule has 9 heteroatoms. The molecule has 4 heterocycles. The molecular formula is C21H16N4O4S. The Morgan fingerprint density at radius 3 is 2.77 bits per heavy atom. The molecule has 30 heavy (non-hydrogen) atoms. The average Bonchev–Trinajstić information content (AvgIpc) is 3.58. The molecule has 1 aliphatic rings. The van der Waals surface area contributed by atoms with Gasteiger partial charge in [-0.15, -0.1) is 21.5 Å². The normalized spacial score (nSPS) is 15.9. The fourth-order valence-electron chi connectivity index (χ4n) is 3.24. The van der Waals surface area contributed by atoms with Crippen LogP contribution in [0.2, 0.25) is 0 Å². The van der Waals surface area contributed by atoms with E-state index in [-0.39, 0.29) is 18.6 Å². The Labute approximate surface area is 175 Å². The molecule has 5 rings (SSSR count). The van der Waals surface area contributed by atoms with Crippen molar-refractivity contribution in [2.24, 2.45) is 5.10 Å². The van der Waals surface area contributed by atoms with Crippen molar-refractivity contribution in [3.05, 3.63) is 77.2 Å². The van der Waals surface area contributed by atoms with Gasteiger partial charge in [0.1, 0.15) is 17.2 Å². The first-order chi connectivity index (χ1) is 14.8. The molecule has 0 aliphatic carbocycles. The van der Waals surface area contributed by atoms with Crippen molar-refractivity contribution in [1.29, 1.82) is 0 Å². The summed E-state index contributed by atoms with van der Waals surface area (Å²) in [5, 5.41) is 15.5. The highest BCUT2D eigenvalue weighted by Gasteiger charge is 2.34. The largest absolute Gasteiger partial charge is 0.484 e. The average molecular weight is 420 g/mol. The molecule has 4 aromatic rings. The van der Waals surface area contributed by atoms with Crippen molar-refractivity contribution >= 4 is 23.0 Å². The van der Waals surface area contributed by atoms with Gasteiger partial charge in [0.05, 0.1) is 12.3 Å². The highest BCUT2D eigenvalue weighted by molar-refractivity contribution is 7.10. The Kier molecular flexibility index (Phi) is 4.86. The number of nitrogens with zero attached hydrogens (tertiary/aromatic N) is 4. The van der Waals surface area contributed by atoms with Gasteiger partial charge >= 0.3 is 0 Å². The van der Waals surface area contributed by atoms with Crippen molar-refractivity contribution in [1.82, 2.24) is 15.2 Å². The number of carbonyl (C=O) groups excluding carboxylic acids is 1. The number of rotatable bonds is 6. The fraction of sp³-hybridized carbons (Fsp3) is 0.143. The predicted molar refractivity (Wildman–Crippen MR) is 109 cm³/mol. The maximum absolute atomic E-state index is 12.9. The van der Waals surface area contributed by atoms with Crippen LogP contribution in [0.3, 0.4) is 0 Å². The molecule has 1 aliphatic heterocycles. The van der Waals surface area contributed by atoms with E-state index in [0.717, 1.165) is 16.2 Å². The van der Waals surface area contributed by atoms with Gasteiger partial charge in [0, 0.05) is 16.9 Å². The Hall–Kier alpha value is -3.72. The number of aromatic nitrogens is 2. The first-order valence-electron chi connectivity index (χ1n) is 9.24. The van der Waals surface area contributed by atoms with Crippen LogP contribution < -0.4 is 4.74 Å². The lowest BCUT2D eigenvalue weighted by atomic mass is 10.1. The summed E-state index contributed by atoms with van der Waals surface area (Å²) in [6.45, 7) is -0.128. The maximum atomic E-state index is 12.9. The minimum atomic E-state index is -0.226. The third kappa shape index (κ3) is 3.62. The van der Waals surface area contributed by atoms with Crippen molar-refractivity contribution in [2.75, 3.05) is 6.61 Å². The molecule has 0 bridgehead atoms. The number of hydrogen-bond acceptors (Lipinski definition) is 8. The summed E-state index contributed by atoms with van der Waals surface area (Å²) in [5.41, 5.74) is 1.52. The van der Waals surface area contributed by atoms with E-state index in [4.69, 9.17) is 13.6 Å². The molecule has 8 nitrogen and oxygen atoms in total. The topological polar surface area (TPSA) is 94.0 Å². The molecule has 0 fully saturated rings. The zero-order chi connectivity index (χ0) is 20.3. The van der Waals surface area contributed by atoms with Gasteiger partial charge in [-0.1, -0.05) is 6.07 Å².